The predicted molar refractivity (Wildman–Crippen MR) is 99.4 cm³/mol. The van der Waals surface area contributed by atoms with Crippen LogP contribution in [0.1, 0.15) is 39.8 Å². The Hall–Kier alpha value is -2.68. The summed E-state index contributed by atoms with van der Waals surface area (Å²) in [5, 5.41) is 6.31. The van der Waals surface area contributed by atoms with Crippen LogP contribution in [-0.2, 0) is 9.84 Å². The number of aryl methyl sites for hydroxylation is 1. The molecule has 0 aliphatic carbocycles. The lowest BCUT2D eigenvalue weighted by molar-refractivity contribution is 0.0708. The minimum Gasteiger partial charge on any atom is -0.360 e. The summed E-state index contributed by atoms with van der Waals surface area (Å²) in [4.78, 5) is 26.8. The second kappa shape index (κ2) is 7.51. The lowest BCUT2D eigenvalue weighted by Gasteiger charge is -2.27. The van der Waals surface area contributed by atoms with E-state index in [1.165, 1.54) is 6.07 Å². The lowest BCUT2D eigenvalue weighted by atomic mass is 10.1. The fourth-order valence-corrected chi connectivity index (χ4v) is 4.89. The van der Waals surface area contributed by atoms with Gasteiger partial charge in [0.15, 0.2) is 15.7 Å². The number of benzene rings is 1. The summed E-state index contributed by atoms with van der Waals surface area (Å²) in [6.07, 6.45) is 0.438. The maximum Gasteiger partial charge on any atom is 0.256 e. The van der Waals surface area contributed by atoms with Crippen molar-refractivity contribution in [3.05, 3.63) is 47.2 Å². The summed E-state index contributed by atoms with van der Waals surface area (Å²) in [6, 6.07) is 7.59. The Morgan fingerprint density at radius 3 is 2.63 bits per heavy atom. The molecule has 3 rings (SSSR count). The Balaban J connectivity index is 1.77. The highest BCUT2D eigenvalue weighted by Gasteiger charge is 2.34. The van der Waals surface area contributed by atoms with Crippen molar-refractivity contribution in [3.8, 4) is 0 Å². The normalized spacial score (nSPS) is 18.2. The van der Waals surface area contributed by atoms with Gasteiger partial charge in [-0.15, -0.1) is 0 Å². The maximum atomic E-state index is 12.9. The van der Waals surface area contributed by atoms with Gasteiger partial charge in [-0.25, -0.2) is 8.42 Å². The van der Waals surface area contributed by atoms with Crippen molar-refractivity contribution in [2.45, 2.75) is 26.3 Å². The summed E-state index contributed by atoms with van der Waals surface area (Å²) in [5.41, 5.74) is 0.640. The Morgan fingerprint density at radius 1 is 1.30 bits per heavy atom. The van der Waals surface area contributed by atoms with Crippen molar-refractivity contribution in [1.29, 1.82) is 0 Å². The average Bonchev–Trinajstić information content (AvgIpc) is 3.20. The molecule has 0 spiro atoms. The third-order valence-corrected chi connectivity index (χ3v) is 6.24. The Kier molecular flexibility index (Phi) is 5.31. The molecule has 1 aliphatic heterocycles. The van der Waals surface area contributed by atoms with Gasteiger partial charge >= 0.3 is 0 Å². The van der Waals surface area contributed by atoms with E-state index in [1.807, 2.05) is 6.92 Å². The van der Waals surface area contributed by atoms with E-state index in [9.17, 15) is 18.0 Å². The first-order valence-electron chi connectivity index (χ1n) is 8.65. The largest absolute Gasteiger partial charge is 0.360 e. The van der Waals surface area contributed by atoms with Crippen LogP contribution in [0.5, 0.6) is 0 Å². The quantitative estimate of drug-likeness (QED) is 0.833. The van der Waals surface area contributed by atoms with Gasteiger partial charge in [-0.3, -0.25) is 9.59 Å². The van der Waals surface area contributed by atoms with Crippen LogP contribution >= 0.6 is 0 Å². The number of amides is 2. The number of hydrogen-bond acceptors (Lipinski definition) is 6. The molecular formula is C18H21N3O5S. The summed E-state index contributed by atoms with van der Waals surface area (Å²) in [5.74, 6) is 0.245. The van der Waals surface area contributed by atoms with E-state index in [0.29, 0.717) is 35.7 Å². The second-order valence-electron chi connectivity index (χ2n) is 6.51. The summed E-state index contributed by atoms with van der Waals surface area (Å²) in [6.45, 7) is 3.92. The van der Waals surface area contributed by atoms with E-state index < -0.39 is 15.7 Å². The molecule has 1 aliphatic rings. The maximum absolute atomic E-state index is 12.9. The molecule has 2 amide bonds. The van der Waals surface area contributed by atoms with E-state index in [1.54, 1.807) is 36.1 Å². The van der Waals surface area contributed by atoms with Gasteiger partial charge in [-0.05, 0) is 38.5 Å². The third-order valence-electron chi connectivity index (χ3n) is 4.49. The fourth-order valence-electron chi connectivity index (χ4n) is 3.16. The molecule has 1 saturated heterocycles. The first-order valence-corrected chi connectivity index (χ1v) is 10.5. The Bertz CT molecular complexity index is 967. The van der Waals surface area contributed by atoms with Gasteiger partial charge in [0.25, 0.3) is 11.8 Å². The molecule has 2 aromatic rings. The smallest absolute Gasteiger partial charge is 0.256 e. The van der Waals surface area contributed by atoms with Gasteiger partial charge in [0.05, 0.1) is 11.5 Å². The van der Waals surface area contributed by atoms with Crippen LogP contribution in [0.2, 0.25) is 0 Å². The van der Waals surface area contributed by atoms with Crippen molar-refractivity contribution in [2.24, 2.45) is 0 Å². The molecule has 8 nitrogen and oxygen atoms in total. The topological polar surface area (TPSA) is 110 Å². The number of nitrogens with one attached hydrogen (secondary N) is 1. The molecule has 1 unspecified atom stereocenters. The van der Waals surface area contributed by atoms with Crippen LogP contribution in [0.4, 0.5) is 5.82 Å². The zero-order chi connectivity index (χ0) is 19.6. The van der Waals surface area contributed by atoms with E-state index in [0.717, 1.165) is 0 Å². The minimum atomic E-state index is -3.09. The highest BCUT2D eigenvalue weighted by Crippen LogP contribution is 2.20. The minimum absolute atomic E-state index is 0.0156. The molecule has 1 fully saturated rings. The van der Waals surface area contributed by atoms with Crippen LogP contribution in [0, 0.1) is 6.92 Å². The van der Waals surface area contributed by atoms with Crippen LogP contribution in [0.15, 0.2) is 34.9 Å². The second-order valence-corrected chi connectivity index (χ2v) is 8.73. The molecule has 1 atom stereocenters. The highest BCUT2D eigenvalue weighted by molar-refractivity contribution is 7.91. The third kappa shape index (κ3) is 4.36. The van der Waals surface area contributed by atoms with E-state index in [-0.39, 0.29) is 23.5 Å². The fraction of sp³-hybridized carbons (Fsp3) is 0.389. The summed E-state index contributed by atoms with van der Waals surface area (Å²) >= 11 is 0. The number of carbonyl (C=O) groups excluding carboxylic acids is 2. The number of carbonyl (C=O) groups is 2. The van der Waals surface area contributed by atoms with Crippen molar-refractivity contribution in [1.82, 2.24) is 10.1 Å². The predicted octanol–water partition coefficient (Wildman–Crippen LogP) is 1.88. The van der Waals surface area contributed by atoms with E-state index in [2.05, 4.69) is 10.5 Å². The molecule has 0 radical (unpaired) electrons. The van der Waals surface area contributed by atoms with Gasteiger partial charge < -0.3 is 14.7 Å². The monoisotopic (exact) mass is 391 g/mol. The first kappa shape index (κ1) is 19.1. The highest BCUT2D eigenvalue weighted by atomic mass is 32.2. The number of anilines is 1. The van der Waals surface area contributed by atoms with Gasteiger partial charge in [0, 0.05) is 29.8 Å². The summed E-state index contributed by atoms with van der Waals surface area (Å²) < 4.78 is 28.4. The van der Waals surface area contributed by atoms with Crippen molar-refractivity contribution in [3.63, 3.8) is 0 Å². The number of rotatable bonds is 5. The molecule has 9 heteroatoms. The van der Waals surface area contributed by atoms with Gasteiger partial charge in [0.2, 0.25) is 0 Å². The molecular weight excluding hydrogens is 370 g/mol. The van der Waals surface area contributed by atoms with Crippen LogP contribution in [-0.4, -0.2) is 54.4 Å². The molecule has 0 saturated carbocycles. The lowest BCUT2D eigenvalue weighted by Crippen LogP contribution is -2.41. The SMILES string of the molecule is CCN(C(=O)c1cccc(C(=O)Nc2cc(C)on2)c1)C1CCS(=O)(=O)C1. The van der Waals surface area contributed by atoms with Crippen LogP contribution in [0.3, 0.4) is 0 Å². The van der Waals surface area contributed by atoms with E-state index >= 15 is 0 Å². The molecule has 27 heavy (non-hydrogen) atoms. The van der Waals surface area contributed by atoms with Crippen LogP contribution in [0.25, 0.3) is 0 Å². The van der Waals surface area contributed by atoms with Gasteiger partial charge in [-0.2, -0.15) is 0 Å². The number of aromatic nitrogens is 1. The standard InChI is InChI=1S/C18H21N3O5S/c1-3-21(15-7-8-27(24,25)11-15)18(23)14-6-4-5-13(10-14)17(22)19-16-9-12(2)26-20-16/h4-6,9-10,15H,3,7-8,11H2,1-2H3,(H,19,20,22). The molecule has 1 N–H and O–H groups in total. The van der Waals surface area contributed by atoms with Gasteiger partial charge in [-0.1, -0.05) is 11.2 Å². The molecule has 1 aromatic heterocycles. The zero-order valence-electron chi connectivity index (χ0n) is 15.1. The van der Waals surface area contributed by atoms with Crippen LogP contribution < -0.4 is 5.32 Å². The van der Waals surface area contributed by atoms with Gasteiger partial charge in [0.1, 0.15) is 5.76 Å². The van der Waals surface area contributed by atoms with Crippen molar-refractivity contribution in [2.75, 3.05) is 23.4 Å². The van der Waals surface area contributed by atoms with Crippen molar-refractivity contribution < 1.29 is 22.5 Å². The molecule has 0 bridgehead atoms. The summed E-state index contributed by atoms with van der Waals surface area (Å²) in [7, 11) is -3.09. The molecule has 144 valence electrons. The first-order chi connectivity index (χ1) is 12.8. The number of nitrogens with zero attached hydrogens (tertiary/aromatic N) is 2. The molecule has 2 heterocycles. The number of hydrogen-bond donors (Lipinski definition) is 1. The van der Waals surface area contributed by atoms with E-state index in [4.69, 9.17) is 4.52 Å². The average molecular weight is 391 g/mol. The van der Waals surface area contributed by atoms with Crippen molar-refractivity contribution >= 4 is 27.5 Å². The number of sulfone groups is 1. The Morgan fingerprint density at radius 2 is 2.04 bits per heavy atom. The Labute approximate surface area is 157 Å². The molecule has 1 aromatic carbocycles. The zero-order valence-corrected chi connectivity index (χ0v) is 16.0.